The molecule has 1 aromatic heterocycles. The molecule has 2 saturated heterocycles. The standard InChI is InChI=1S/C22H29Cl2N5O/c1-16(2)29-9-10-30-20(15-29)14-27-5-7-28(8-6-27)22-4-3-21(25-26-22)17-11-18(23)13-19(24)12-17/h3-4,11-13,16,20H,5-10,14-15H2,1-2H3. The quantitative estimate of drug-likeness (QED) is 0.693. The van der Waals surface area contributed by atoms with Gasteiger partial charge < -0.3 is 9.64 Å². The van der Waals surface area contributed by atoms with Crippen molar-refractivity contribution in [3.05, 3.63) is 40.4 Å². The summed E-state index contributed by atoms with van der Waals surface area (Å²) in [7, 11) is 0. The minimum absolute atomic E-state index is 0.302. The molecule has 0 bridgehead atoms. The molecular formula is C22H29Cl2N5O. The summed E-state index contributed by atoms with van der Waals surface area (Å²) in [6.45, 7) is 12.3. The molecule has 1 unspecified atom stereocenters. The van der Waals surface area contributed by atoms with Gasteiger partial charge in [0.15, 0.2) is 5.82 Å². The molecule has 2 aliphatic heterocycles. The molecule has 2 fully saturated rings. The Labute approximate surface area is 188 Å². The van der Waals surface area contributed by atoms with Gasteiger partial charge in [-0.1, -0.05) is 23.2 Å². The Hall–Kier alpha value is -1.44. The van der Waals surface area contributed by atoms with E-state index in [0.29, 0.717) is 22.2 Å². The maximum atomic E-state index is 6.10. The fourth-order valence-electron chi connectivity index (χ4n) is 4.12. The molecule has 0 aliphatic carbocycles. The first-order valence-electron chi connectivity index (χ1n) is 10.6. The van der Waals surface area contributed by atoms with Crippen LogP contribution >= 0.6 is 23.2 Å². The van der Waals surface area contributed by atoms with Crippen LogP contribution in [0.25, 0.3) is 11.3 Å². The van der Waals surface area contributed by atoms with Gasteiger partial charge in [0, 0.05) is 67.5 Å². The van der Waals surface area contributed by atoms with Gasteiger partial charge in [0.2, 0.25) is 0 Å². The second-order valence-electron chi connectivity index (χ2n) is 8.30. The van der Waals surface area contributed by atoms with Crippen LogP contribution in [0.2, 0.25) is 10.0 Å². The third kappa shape index (κ3) is 5.42. The lowest BCUT2D eigenvalue weighted by molar-refractivity contribution is -0.0525. The molecule has 8 heteroatoms. The van der Waals surface area contributed by atoms with Gasteiger partial charge in [-0.25, -0.2) is 0 Å². The van der Waals surface area contributed by atoms with Crippen LogP contribution in [0.1, 0.15) is 13.8 Å². The number of halogens is 2. The lowest BCUT2D eigenvalue weighted by Gasteiger charge is -2.40. The average molecular weight is 450 g/mol. The Morgan fingerprint density at radius 1 is 1.00 bits per heavy atom. The van der Waals surface area contributed by atoms with Gasteiger partial charge in [0.05, 0.1) is 18.4 Å². The van der Waals surface area contributed by atoms with Crippen LogP contribution in [-0.4, -0.2) is 84.6 Å². The maximum Gasteiger partial charge on any atom is 0.151 e. The summed E-state index contributed by atoms with van der Waals surface area (Å²) >= 11 is 12.2. The van der Waals surface area contributed by atoms with Crippen molar-refractivity contribution in [2.75, 3.05) is 57.3 Å². The van der Waals surface area contributed by atoms with Crippen LogP contribution in [-0.2, 0) is 4.74 Å². The number of nitrogens with zero attached hydrogens (tertiary/aromatic N) is 5. The van der Waals surface area contributed by atoms with Gasteiger partial charge >= 0.3 is 0 Å². The molecule has 2 aliphatic rings. The smallest absolute Gasteiger partial charge is 0.151 e. The molecule has 162 valence electrons. The van der Waals surface area contributed by atoms with Gasteiger partial charge in [-0.3, -0.25) is 9.80 Å². The fraction of sp³-hybridized carbons (Fsp3) is 0.545. The van der Waals surface area contributed by atoms with Gasteiger partial charge in [0.1, 0.15) is 0 Å². The Kier molecular flexibility index (Phi) is 7.11. The van der Waals surface area contributed by atoms with Crippen molar-refractivity contribution in [1.29, 1.82) is 0 Å². The van der Waals surface area contributed by atoms with Gasteiger partial charge in [-0.2, -0.15) is 0 Å². The third-order valence-electron chi connectivity index (χ3n) is 5.87. The Morgan fingerprint density at radius 2 is 1.73 bits per heavy atom. The van der Waals surface area contributed by atoms with Crippen LogP contribution in [0.15, 0.2) is 30.3 Å². The highest BCUT2D eigenvalue weighted by atomic mass is 35.5. The Morgan fingerprint density at radius 3 is 2.37 bits per heavy atom. The molecule has 0 saturated carbocycles. The minimum atomic E-state index is 0.302. The molecular weight excluding hydrogens is 421 g/mol. The molecule has 6 nitrogen and oxygen atoms in total. The molecule has 0 radical (unpaired) electrons. The average Bonchev–Trinajstić information content (AvgIpc) is 2.74. The Balaban J connectivity index is 1.31. The predicted molar refractivity (Wildman–Crippen MR) is 123 cm³/mol. The van der Waals surface area contributed by atoms with Crippen LogP contribution in [0.5, 0.6) is 0 Å². The van der Waals surface area contributed by atoms with Crippen LogP contribution < -0.4 is 4.90 Å². The molecule has 0 N–H and O–H groups in total. The van der Waals surface area contributed by atoms with Crippen molar-refractivity contribution in [3.63, 3.8) is 0 Å². The molecule has 0 amide bonds. The second kappa shape index (κ2) is 9.79. The predicted octanol–water partition coefficient (Wildman–Crippen LogP) is 3.68. The van der Waals surface area contributed by atoms with E-state index in [0.717, 1.165) is 69.5 Å². The minimum Gasteiger partial charge on any atom is -0.374 e. The van der Waals surface area contributed by atoms with Crippen molar-refractivity contribution < 1.29 is 4.74 Å². The number of piperazine rings is 1. The number of hydrogen-bond acceptors (Lipinski definition) is 6. The molecule has 1 atom stereocenters. The maximum absolute atomic E-state index is 6.10. The van der Waals surface area contributed by atoms with E-state index in [4.69, 9.17) is 27.9 Å². The van der Waals surface area contributed by atoms with Crippen molar-refractivity contribution >= 4 is 29.0 Å². The zero-order valence-corrected chi connectivity index (χ0v) is 19.1. The van der Waals surface area contributed by atoms with Crippen molar-refractivity contribution in [2.24, 2.45) is 0 Å². The normalized spacial score (nSPS) is 21.4. The first kappa shape index (κ1) is 21.8. The molecule has 0 spiro atoms. The van der Waals surface area contributed by atoms with E-state index < -0.39 is 0 Å². The topological polar surface area (TPSA) is 44.7 Å². The third-order valence-corrected chi connectivity index (χ3v) is 6.30. The lowest BCUT2D eigenvalue weighted by Crippen LogP contribution is -2.53. The largest absolute Gasteiger partial charge is 0.374 e. The summed E-state index contributed by atoms with van der Waals surface area (Å²) in [6.07, 6.45) is 0.302. The summed E-state index contributed by atoms with van der Waals surface area (Å²) in [4.78, 5) is 7.30. The number of aromatic nitrogens is 2. The van der Waals surface area contributed by atoms with E-state index in [9.17, 15) is 0 Å². The van der Waals surface area contributed by atoms with Gasteiger partial charge in [0.25, 0.3) is 0 Å². The van der Waals surface area contributed by atoms with E-state index in [1.165, 1.54) is 0 Å². The second-order valence-corrected chi connectivity index (χ2v) is 9.18. The SMILES string of the molecule is CC(C)N1CCOC(CN2CCN(c3ccc(-c4cc(Cl)cc(Cl)c4)nn3)CC2)C1. The van der Waals surface area contributed by atoms with E-state index in [2.05, 4.69) is 38.7 Å². The number of anilines is 1. The zero-order chi connectivity index (χ0) is 21.1. The monoisotopic (exact) mass is 449 g/mol. The summed E-state index contributed by atoms with van der Waals surface area (Å²) < 4.78 is 6.01. The first-order chi connectivity index (χ1) is 14.5. The van der Waals surface area contributed by atoms with Crippen molar-refractivity contribution in [1.82, 2.24) is 20.0 Å². The van der Waals surface area contributed by atoms with E-state index in [-0.39, 0.29) is 0 Å². The molecule has 1 aromatic carbocycles. The van der Waals surface area contributed by atoms with Crippen LogP contribution in [0.3, 0.4) is 0 Å². The molecule has 30 heavy (non-hydrogen) atoms. The number of ether oxygens (including phenoxy) is 1. The summed E-state index contributed by atoms with van der Waals surface area (Å²) in [5.41, 5.74) is 1.64. The van der Waals surface area contributed by atoms with Crippen molar-refractivity contribution in [3.8, 4) is 11.3 Å². The summed E-state index contributed by atoms with van der Waals surface area (Å²) in [5.74, 6) is 0.909. The lowest BCUT2D eigenvalue weighted by atomic mass is 10.1. The van der Waals surface area contributed by atoms with Gasteiger partial charge in [-0.15, -0.1) is 10.2 Å². The zero-order valence-electron chi connectivity index (χ0n) is 17.6. The molecule has 2 aromatic rings. The highest BCUT2D eigenvalue weighted by Crippen LogP contribution is 2.26. The number of morpholine rings is 1. The van der Waals surface area contributed by atoms with Crippen molar-refractivity contribution in [2.45, 2.75) is 26.0 Å². The number of rotatable bonds is 5. The number of benzene rings is 1. The summed E-state index contributed by atoms with van der Waals surface area (Å²) in [5, 5.41) is 10.0. The Bertz CT molecular complexity index is 820. The fourth-order valence-corrected chi connectivity index (χ4v) is 4.64. The van der Waals surface area contributed by atoms with E-state index in [1.807, 2.05) is 24.3 Å². The first-order valence-corrected chi connectivity index (χ1v) is 11.4. The molecule has 4 rings (SSSR count). The highest BCUT2D eigenvalue weighted by molar-refractivity contribution is 6.35. The van der Waals surface area contributed by atoms with Crippen LogP contribution in [0.4, 0.5) is 5.82 Å². The highest BCUT2D eigenvalue weighted by Gasteiger charge is 2.26. The summed E-state index contributed by atoms with van der Waals surface area (Å²) in [6, 6.07) is 10.0. The van der Waals surface area contributed by atoms with E-state index >= 15 is 0 Å². The van der Waals surface area contributed by atoms with E-state index in [1.54, 1.807) is 6.07 Å². The van der Waals surface area contributed by atoms with Gasteiger partial charge in [-0.05, 0) is 44.2 Å². The number of hydrogen-bond donors (Lipinski definition) is 0. The molecule has 3 heterocycles. The van der Waals surface area contributed by atoms with Crippen LogP contribution in [0, 0.1) is 0 Å².